The number of piperazine rings is 1. The van der Waals surface area contributed by atoms with E-state index in [4.69, 9.17) is 11.6 Å². The van der Waals surface area contributed by atoms with Crippen molar-refractivity contribution in [3.05, 3.63) is 64.6 Å². The van der Waals surface area contributed by atoms with Crippen molar-refractivity contribution in [2.45, 2.75) is 0 Å². The molecular weight excluding hydrogens is 420 g/mol. The zero-order chi connectivity index (χ0) is 20.9. The van der Waals surface area contributed by atoms with E-state index >= 15 is 0 Å². The summed E-state index contributed by atoms with van der Waals surface area (Å²) in [5.74, 6) is -0.386. The minimum atomic E-state index is -0.305. The fourth-order valence-electron chi connectivity index (χ4n) is 3.33. The highest BCUT2D eigenvalue weighted by molar-refractivity contribution is 7.19. The van der Waals surface area contributed by atoms with Crippen LogP contribution in [0.5, 0.6) is 0 Å². The fourth-order valence-corrected chi connectivity index (χ4v) is 4.38. The Labute approximate surface area is 183 Å². The smallest absolute Gasteiger partial charge is 0.244 e. The van der Waals surface area contributed by atoms with Gasteiger partial charge in [-0.15, -0.1) is 11.3 Å². The van der Waals surface area contributed by atoms with Crippen molar-refractivity contribution in [1.82, 2.24) is 15.2 Å². The highest BCUT2D eigenvalue weighted by atomic mass is 35.5. The number of nitrogens with zero attached hydrogens (tertiary/aromatic N) is 3. The largest absolute Gasteiger partial charge is 0.368 e. The van der Waals surface area contributed by atoms with Gasteiger partial charge in [0.05, 0.1) is 16.8 Å². The maximum atomic E-state index is 12.4. The highest BCUT2D eigenvalue weighted by Crippen LogP contribution is 2.22. The molecule has 1 aliphatic rings. The van der Waals surface area contributed by atoms with E-state index in [1.165, 1.54) is 17.4 Å². The van der Waals surface area contributed by atoms with Crippen LogP contribution in [0.15, 0.2) is 54.6 Å². The van der Waals surface area contributed by atoms with Crippen molar-refractivity contribution in [2.24, 2.45) is 0 Å². The van der Waals surface area contributed by atoms with Crippen molar-refractivity contribution >= 4 is 56.7 Å². The van der Waals surface area contributed by atoms with Gasteiger partial charge in [0.1, 0.15) is 5.01 Å². The molecule has 154 valence electrons. The van der Waals surface area contributed by atoms with Gasteiger partial charge in [0.2, 0.25) is 11.8 Å². The first kappa shape index (κ1) is 20.4. The van der Waals surface area contributed by atoms with Gasteiger partial charge in [0.15, 0.2) is 0 Å². The Bertz CT molecular complexity index is 1060. The summed E-state index contributed by atoms with van der Waals surface area (Å²) in [6, 6.07) is 15.5. The molecule has 8 heteroatoms. The first-order valence-electron chi connectivity index (χ1n) is 9.68. The lowest BCUT2D eigenvalue weighted by atomic mass is 10.2. The minimum absolute atomic E-state index is 0.0137. The molecule has 0 spiro atoms. The molecule has 2 heterocycles. The van der Waals surface area contributed by atoms with Gasteiger partial charge < -0.3 is 15.1 Å². The van der Waals surface area contributed by atoms with Crippen LogP contribution in [0, 0.1) is 0 Å². The summed E-state index contributed by atoms with van der Waals surface area (Å²) < 4.78 is 1.07. The molecule has 1 fully saturated rings. The molecule has 3 aromatic rings. The first-order valence-corrected chi connectivity index (χ1v) is 10.9. The summed E-state index contributed by atoms with van der Waals surface area (Å²) in [6.07, 6.45) is 3.09. The predicted octanol–water partition coefficient (Wildman–Crippen LogP) is 3.43. The molecular formula is C22H21ClN4O2S. The number of carbonyl (C=O) groups is 2. The average molecular weight is 441 g/mol. The van der Waals surface area contributed by atoms with Crippen molar-refractivity contribution in [3.63, 3.8) is 0 Å². The number of halogens is 1. The predicted molar refractivity (Wildman–Crippen MR) is 122 cm³/mol. The van der Waals surface area contributed by atoms with Gasteiger partial charge in [-0.05, 0) is 36.4 Å². The highest BCUT2D eigenvalue weighted by Gasteiger charge is 2.21. The maximum absolute atomic E-state index is 12.4. The number of carbonyl (C=O) groups excluding carboxylic acids is 2. The molecule has 0 radical (unpaired) electrons. The lowest BCUT2D eigenvalue weighted by Crippen LogP contribution is -2.51. The molecule has 0 atom stereocenters. The Hall–Kier alpha value is -2.90. The van der Waals surface area contributed by atoms with Crippen LogP contribution in [0.2, 0.25) is 5.02 Å². The van der Waals surface area contributed by atoms with E-state index in [9.17, 15) is 9.59 Å². The second kappa shape index (κ2) is 9.28. The maximum Gasteiger partial charge on any atom is 0.244 e. The fraction of sp³-hybridized carbons (Fsp3) is 0.227. The summed E-state index contributed by atoms with van der Waals surface area (Å²) in [5, 5.41) is 4.12. The standard InChI is InChI=1S/C22H21ClN4O2S/c23-16-4-3-5-17(14-16)26-10-12-27(13-11-26)22(29)15-24-20(28)8-9-21-25-18-6-1-2-7-19(18)30-21/h1-9,14H,10-13,15H2,(H,24,28)/b9-8+. The number of fused-ring (bicyclic) bond motifs is 1. The Balaban J connectivity index is 1.24. The van der Waals surface area contributed by atoms with E-state index in [2.05, 4.69) is 15.2 Å². The number of anilines is 1. The number of hydrogen-bond donors (Lipinski definition) is 1. The van der Waals surface area contributed by atoms with Gasteiger partial charge in [0, 0.05) is 43.0 Å². The first-order chi connectivity index (χ1) is 14.6. The van der Waals surface area contributed by atoms with Crippen LogP contribution < -0.4 is 10.2 Å². The molecule has 6 nitrogen and oxygen atoms in total. The Morgan fingerprint density at radius 2 is 1.90 bits per heavy atom. The molecule has 0 unspecified atom stereocenters. The lowest BCUT2D eigenvalue weighted by molar-refractivity contribution is -0.132. The quantitative estimate of drug-likeness (QED) is 0.617. The number of rotatable bonds is 5. The zero-order valence-corrected chi connectivity index (χ0v) is 17.8. The number of thiazole rings is 1. The van der Waals surface area contributed by atoms with Crippen molar-refractivity contribution in [3.8, 4) is 0 Å². The molecule has 0 saturated carbocycles. The zero-order valence-electron chi connectivity index (χ0n) is 16.3. The molecule has 30 heavy (non-hydrogen) atoms. The van der Waals surface area contributed by atoms with Crippen molar-refractivity contribution in [1.29, 1.82) is 0 Å². The van der Waals surface area contributed by atoms with Gasteiger partial charge in [-0.25, -0.2) is 4.98 Å². The Morgan fingerprint density at radius 3 is 2.67 bits per heavy atom. The topological polar surface area (TPSA) is 65.5 Å². The Morgan fingerprint density at radius 1 is 1.10 bits per heavy atom. The van der Waals surface area contributed by atoms with Gasteiger partial charge in [-0.3, -0.25) is 9.59 Å². The van der Waals surface area contributed by atoms with Crippen LogP contribution in [-0.2, 0) is 9.59 Å². The molecule has 2 amide bonds. The van der Waals surface area contributed by atoms with E-state index in [1.807, 2.05) is 48.5 Å². The van der Waals surface area contributed by atoms with Crippen LogP contribution in [0.1, 0.15) is 5.01 Å². The number of para-hydroxylation sites is 1. The van der Waals surface area contributed by atoms with Crippen LogP contribution in [0.25, 0.3) is 16.3 Å². The van der Waals surface area contributed by atoms with Gasteiger partial charge in [-0.2, -0.15) is 0 Å². The van der Waals surface area contributed by atoms with Crippen molar-refractivity contribution in [2.75, 3.05) is 37.6 Å². The summed E-state index contributed by atoms with van der Waals surface area (Å²) >= 11 is 7.58. The van der Waals surface area contributed by atoms with Crippen LogP contribution in [0.3, 0.4) is 0 Å². The van der Waals surface area contributed by atoms with Crippen molar-refractivity contribution < 1.29 is 9.59 Å². The molecule has 2 aromatic carbocycles. The molecule has 4 rings (SSSR count). The number of aromatic nitrogens is 1. The van der Waals surface area contributed by atoms with Gasteiger partial charge in [0.25, 0.3) is 0 Å². The van der Waals surface area contributed by atoms with Gasteiger partial charge >= 0.3 is 0 Å². The van der Waals surface area contributed by atoms with E-state index in [0.717, 1.165) is 34.0 Å². The monoisotopic (exact) mass is 440 g/mol. The average Bonchev–Trinajstić information content (AvgIpc) is 3.19. The molecule has 1 N–H and O–H groups in total. The summed E-state index contributed by atoms with van der Waals surface area (Å²) in [4.78, 5) is 32.9. The summed E-state index contributed by atoms with van der Waals surface area (Å²) in [5.41, 5.74) is 1.97. The van der Waals surface area contributed by atoms with E-state index < -0.39 is 0 Å². The lowest BCUT2D eigenvalue weighted by Gasteiger charge is -2.36. The van der Waals surface area contributed by atoms with E-state index in [-0.39, 0.29) is 18.4 Å². The molecule has 1 aliphatic heterocycles. The summed E-state index contributed by atoms with van der Waals surface area (Å²) in [6.45, 7) is 2.68. The van der Waals surface area contributed by atoms with E-state index in [1.54, 1.807) is 11.0 Å². The SMILES string of the molecule is O=C(/C=C/c1nc2ccccc2s1)NCC(=O)N1CCN(c2cccc(Cl)c2)CC1. The third-order valence-corrected chi connectivity index (χ3v) is 6.14. The third kappa shape index (κ3) is 4.98. The van der Waals surface area contributed by atoms with Gasteiger partial charge in [-0.1, -0.05) is 29.8 Å². The number of nitrogens with one attached hydrogen (secondary N) is 1. The minimum Gasteiger partial charge on any atom is -0.368 e. The molecule has 1 aromatic heterocycles. The van der Waals surface area contributed by atoms with Crippen LogP contribution in [0.4, 0.5) is 5.69 Å². The third-order valence-electron chi connectivity index (χ3n) is 4.91. The molecule has 0 bridgehead atoms. The Kier molecular flexibility index (Phi) is 6.30. The molecule has 1 saturated heterocycles. The number of amides is 2. The number of hydrogen-bond acceptors (Lipinski definition) is 5. The number of benzene rings is 2. The van der Waals surface area contributed by atoms with E-state index in [0.29, 0.717) is 18.1 Å². The summed E-state index contributed by atoms with van der Waals surface area (Å²) in [7, 11) is 0. The second-order valence-electron chi connectivity index (χ2n) is 6.92. The molecule has 0 aliphatic carbocycles. The van der Waals surface area contributed by atoms with Crippen LogP contribution in [-0.4, -0.2) is 54.4 Å². The second-order valence-corrected chi connectivity index (χ2v) is 8.42. The van der Waals surface area contributed by atoms with Crippen LogP contribution >= 0.6 is 22.9 Å². The normalized spacial score (nSPS) is 14.4.